The van der Waals surface area contributed by atoms with Crippen LogP contribution in [0.1, 0.15) is 14.4 Å². The summed E-state index contributed by atoms with van der Waals surface area (Å²) in [4.78, 5) is 9.20. The van der Waals surface area contributed by atoms with Gasteiger partial charge in [-0.05, 0) is 6.07 Å². The Hall–Kier alpha value is -1.13. The summed E-state index contributed by atoms with van der Waals surface area (Å²) in [6.45, 7) is -2.95. The molecule has 13 heavy (non-hydrogen) atoms. The minimum absolute atomic E-state index is 0.000802. The molecule has 1 aromatic carbocycles. The van der Waals surface area contributed by atoms with Gasteiger partial charge in [-0.2, -0.15) is 0 Å². The van der Waals surface area contributed by atoms with E-state index >= 15 is 0 Å². The quantitative estimate of drug-likeness (QED) is 0.600. The summed E-state index contributed by atoms with van der Waals surface area (Å²) < 4.78 is 14.2. The second kappa shape index (κ2) is 4.20. The van der Waals surface area contributed by atoms with Gasteiger partial charge in [-0.15, -0.1) is 0 Å². The number of hydrogen-bond acceptors (Lipinski definition) is 3. The number of rotatable bonds is 3. The maximum atomic E-state index is 10.4. The van der Waals surface area contributed by atoms with Crippen molar-refractivity contribution < 1.29 is 12.8 Å². The van der Waals surface area contributed by atoms with Crippen LogP contribution in [-0.4, -0.2) is 16.5 Å². The third-order valence-electron chi connectivity index (χ3n) is 1.43. The molecule has 0 saturated carbocycles. The van der Waals surface area contributed by atoms with Crippen LogP contribution < -0.4 is 0 Å². The van der Waals surface area contributed by atoms with Gasteiger partial charge in [0.05, 0.1) is 0 Å². The lowest BCUT2D eigenvalue weighted by atomic mass is 10.1. The third-order valence-corrected chi connectivity index (χ3v) is 1.77. The van der Waals surface area contributed by atoms with Crippen molar-refractivity contribution in [3.05, 3.63) is 45.0 Å². The van der Waals surface area contributed by atoms with Crippen LogP contribution in [0.2, 0.25) is 5.02 Å². The second-order valence-corrected chi connectivity index (χ2v) is 2.72. The van der Waals surface area contributed by atoms with Gasteiger partial charge in [-0.3, -0.25) is 10.1 Å². The van der Waals surface area contributed by atoms with E-state index in [2.05, 4.69) is 0 Å². The van der Waals surface area contributed by atoms with Gasteiger partial charge in [0.2, 0.25) is 6.50 Å². The summed E-state index contributed by atoms with van der Waals surface area (Å²) in [5.41, 5.74) is 0.000802. The molecule has 1 rings (SSSR count). The van der Waals surface area contributed by atoms with E-state index in [9.17, 15) is 15.2 Å². The largest absolute Gasteiger partial charge is 0.381 e. The summed E-state index contributed by atoms with van der Waals surface area (Å²) in [5.74, 6) is 0. The Morgan fingerprint density at radius 1 is 1.69 bits per heavy atom. The van der Waals surface area contributed by atoms with Crippen LogP contribution in [0.15, 0.2) is 24.3 Å². The number of nitrogens with zero attached hydrogens (tertiary/aromatic N) is 1. The van der Waals surface area contributed by atoms with Crippen LogP contribution >= 0.6 is 11.6 Å². The van der Waals surface area contributed by atoms with Crippen molar-refractivity contribution in [3.63, 3.8) is 0 Å². The van der Waals surface area contributed by atoms with Crippen molar-refractivity contribution in [1.82, 2.24) is 0 Å². The third kappa shape index (κ3) is 2.68. The number of aliphatic hydroxyl groups excluding tert-OH is 1. The Kier molecular flexibility index (Phi) is 2.36. The summed E-state index contributed by atoms with van der Waals surface area (Å²) in [6, 6.07) is 5.87. The van der Waals surface area contributed by atoms with Crippen LogP contribution in [0.25, 0.3) is 0 Å². The topological polar surface area (TPSA) is 63.4 Å². The van der Waals surface area contributed by atoms with E-state index in [0.717, 1.165) is 0 Å². The Morgan fingerprint density at radius 2 is 2.31 bits per heavy atom. The van der Waals surface area contributed by atoms with Crippen molar-refractivity contribution in [2.75, 3.05) is 6.50 Å². The number of nitro groups is 1. The average Bonchev–Trinajstić information content (AvgIpc) is 2.17. The Labute approximate surface area is 82.7 Å². The molecule has 0 aromatic heterocycles. The summed E-state index contributed by atoms with van der Waals surface area (Å²) in [6.07, 6.45) is -1.89. The van der Waals surface area contributed by atoms with E-state index in [0.29, 0.717) is 0 Å². The molecule has 5 heteroatoms. The zero-order valence-corrected chi connectivity index (χ0v) is 7.23. The zero-order chi connectivity index (χ0) is 11.6. The lowest BCUT2D eigenvalue weighted by molar-refractivity contribution is -0.491. The number of benzene rings is 1. The van der Waals surface area contributed by atoms with Gasteiger partial charge in [0.15, 0.2) is 0 Å². The highest BCUT2D eigenvalue weighted by atomic mass is 35.5. The van der Waals surface area contributed by atoms with E-state index < -0.39 is 17.5 Å². The first kappa shape index (κ1) is 7.29. The lowest BCUT2D eigenvalue weighted by Gasteiger charge is -2.07. The SMILES string of the molecule is [2H]C([2H])(C(O)c1ccccc1Cl)[N+](=O)[O-]. The average molecular weight is 204 g/mol. The molecule has 0 fully saturated rings. The van der Waals surface area contributed by atoms with Gasteiger partial charge in [0.1, 0.15) is 8.85 Å². The molecular formula is C8H8ClNO3. The Morgan fingerprint density at radius 3 is 2.85 bits per heavy atom. The van der Waals surface area contributed by atoms with Crippen LogP contribution in [-0.2, 0) is 0 Å². The van der Waals surface area contributed by atoms with Gasteiger partial charge in [0, 0.05) is 15.5 Å². The molecule has 0 aliphatic heterocycles. The van der Waals surface area contributed by atoms with E-state index in [-0.39, 0.29) is 10.6 Å². The minimum atomic E-state index is -2.95. The molecule has 0 bridgehead atoms. The molecule has 70 valence electrons. The second-order valence-electron chi connectivity index (χ2n) is 2.31. The van der Waals surface area contributed by atoms with Gasteiger partial charge in [-0.1, -0.05) is 29.8 Å². The zero-order valence-electron chi connectivity index (χ0n) is 8.48. The monoisotopic (exact) mass is 203 g/mol. The van der Waals surface area contributed by atoms with Crippen LogP contribution in [0.4, 0.5) is 0 Å². The van der Waals surface area contributed by atoms with Crippen molar-refractivity contribution in [2.45, 2.75) is 6.10 Å². The smallest absolute Gasteiger partial charge is 0.233 e. The standard InChI is InChI=1S/C8H8ClNO3/c9-7-4-2-1-3-6(7)8(11)5-10(12)13/h1-4,8,11H,5H2/i5D2. The molecule has 0 amide bonds. The first-order valence-electron chi connectivity index (χ1n) is 4.44. The summed E-state index contributed by atoms with van der Waals surface area (Å²) >= 11 is 5.68. The van der Waals surface area contributed by atoms with Crippen molar-refractivity contribution in [1.29, 1.82) is 0 Å². The molecule has 4 nitrogen and oxygen atoms in total. The predicted molar refractivity (Wildman–Crippen MR) is 48.3 cm³/mol. The first-order chi connectivity index (χ1) is 6.87. The number of halogens is 1. The van der Waals surface area contributed by atoms with Gasteiger partial charge < -0.3 is 5.11 Å². The number of aliphatic hydroxyl groups is 1. The van der Waals surface area contributed by atoms with E-state index in [1.165, 1.54) is 18.2 Å². The fraction of sp³-hybridized carbons (Fsp3) is 0.250. The van der Waals surface area contributed by atoms with Crippen LogP contribution in [0.3, 0.4) is 0 Å². The first-order valence-corrected chi connectivity index (χ1v) is 3.82. The fourth-order valence-electron chi connectivity index (χ4n) is 0.866. The molecule has 0 aliphatic rings. The number of hydrogen-bond donors (Lipinski definition) is 1. The van der Waals surface area contributed by atoms with E-state index in [4.69, 9.17) is 14.3 Å². The maximum Gasteiger partial charge on any atom is 0.233 e. The predicted octanol–water partition coefficient (Wildman–Crippen LogP) is 1.65. The molecule has 0 aliphatic carbocycles. The highest BCUT2D eigenvalue weighted by Crippen LogP contribution is 2.22. The molecule has 1 aromatic rings. The Bertz CT molecular complexity index is 386. The fourth-order valence-corrected chi connectivity index (χ4v) is 1.11. The van der Waals surface area contributed by atoms with Crippen LogP contribution in [0.5, 0.6) is 0 Å². The highest BCUT2D eigenvalue weighted by molar-refractivity contribution is 6.31. The molecule has 0 radical (unpaired) electrons. The van der Waals surface area contributed by atoms with Gasteiger partial charge in [0.25, 0.3) is 0 Å². The normalized spacial score (nSPS) is 15.8. The molecule has 0 saturated heterocycles. The lowest BCUT2D eigenvalue weighted by Crippen LogP contribution is -2.12. The maximum absolute atomic E-state index is 10.4. The van der Waals surface area contributed by atoms with Crippen LogP contribution in [0, 0.1) is 10.1 Å². The Balaban J connectivity index is 3.10. The van der Waals surface area contributed by atoms with Crippen molar-refractivity contribution in [2.24, 2.45) is 0 Å². The molecular weight excluding hydrogens is 194 g/mol. The minimum Gasteiger partial charge on any atom is -0.381 e. The van der Waals surface area contributed by atoms with Gasteiger partial charge >= 0.3 is 0 Å². The summed E-state index contributed by atoms with van der Waals surface area (Å²) in [5, 5.41) is 20.0. The summed E-state index contributed by atoms with van der Waals surface area (Å²) in [7, 11) is 0. The van der Waals surface area contributed by atoms with E-state index in [1.54, 1.807) is 6.07 Å². The molecule has 1 atom stereocenters. The molecule has 0 heterocycles. The van der Waals surface area contributed by atoms with Crippen molar-refractivity contribution in [3.8, 4) is 0 Å². The highest BCUT2D eigenvalue weighted by Gasteiger charge is 2.16. The van der Waals surface area contributed by atoms with E-state index in [1.807, 2.05) is 0 Å². The van der Waals surface area contributed by atoms with Gasteiger partial charge in [-0.25, -0.2) is 0 Å². The molecule has 1 N–H and O–H groups in total. The molecule has 1 unspecified atom stereocenters. The molecule has 0 spiro atoms. The van der Waals surface area contributed by atoms with Crippen molar-refractivity contribution >= 4 is 11.6 Å².